The van der Waals surface area contributed by atoms with Crippen molar-refractivity contribution >= 4 is 39.6 Å². The zero-order valence-electron chi connectivity index (χ0n) is 10.7. The van der Waals surface area contributed by atoms with E-state index >= 15 is 0 Å². The number of benzene rings is 1. The number of hydrogen-bond donors (Lipinski definition) is 1. The molecule has 0 aliphatic rings. The average Bonchev–Trinajstić information content (AvgIpc) is 2.64. The molecule has 1 atom stereocenters. The number of hydrogen-bond acceptors (Lipinski definition) is 3. The lowest BCUT2D eigenvalue weighted by Crippen LogP contribution is -2.16. The second-order valence-electron chi connectivity index (χ2n) is 4.37. The van der Waals surface area contributed by atoms with Crippen LogP contribution in [0.1, 0.15) is 25.8 Å². The van der Waals surface area contributed by atoms with Crippen LogP contribution in [0.4, 0.5) is 5.95 Å². The molecule has 0 aliphatic carbocycles. The van der Waals surface area contributed by atoms with Crippen molar-refractivity contribution in [1.29, 1.82) is 0 Å². The number of aromatic nitrogens is 2. The Morgan fingerprint density at radius 1 is 1.50 bits per heavy atom. The highest BCUT2D eigenvalue weighted by Crippen LogP contribution is 2.26. The molecule has 0 fully saturated rings. The fourth-order valence-electron chi connectivity index (χ4n) is 2.29. The van der Waals surface area contributed by atoms with E-state index in [9.17, 15) is 0 Å². The maximum absolute atomic E-state index is 6.06. The van der Waals surface area contributed by atoms with Crippen LogP contribution in [-0.4, -0.2) is 23.3 Å². The van der Waals surface area contributed by atoms with Gasteiger partial charge in [0.15, 0.2) is 0 Å². The van der Waals surface area contributed by atoms with Crippen molar-refractivity contribution in [2.24, 2.45) is 0 Å². The molecule has 0 aliphatic heterocycles. The van der Waals surface area contributed by atoms with Gasteiger partial charge in [-0.05, 0) is 47.2 Å². The summed E-state index contributed by atoms with van der Waals surface area (Å²) < 4.78 is 8.57. The topological polar surface area (TPSA) is 53.1 Å². The highest BCUT2D eigenvalue weighted by Gasteiger charge is 2.17. The third-order valence-corrected chi connectivity index (χ3v) is 3.70. The van der Waals surface area contributed by atoms with E-state index < -0.39 is 0 Å². The van der Waals surface area contributed by atoms with Gasteiger partial charge < -0.3 is 15.0 Å². The summed E-state index contributed by atoms with van der Waals surface area (Å²) in [5.41, 5.74) is 8.10. The highest BCUT2D eigenvalue weighted by molar-refractivity contribution is 14.1. The number of imidazole rings is 1. The first-order valence-electron chi connectivity index (χ1n) is 6.09. The Hall–Kier alpha value is -0.820. The Balaban J connectivity index is 2.50. The van der Waals surface area contributed by atoms with Crippen molar-refractivity contribution in [2.45, 2.75) is 25.8 Å². The molecule has 0 amide bonds. The van der Waals surface area contributed by atoms with Gasteiger partial charge in [0.25, 0.3) is 0 Å². The Morgan fingerprint density at radius 3 is 2.94 bits per heavy atom. The SMILES string of the molecule is CCCC(COC)n1c(N)nc2cc(I)ccc21. The monoisotopic (exact) mass is 359 g/mol. The number of fused-ring (bicyclic) bond motifs is 1. The molecule has 1 aromatic heterocycles. The van der Waals surface area contributed by atoms with Gasteiger partial charge in [0, 0.05) is 10.7 Å². The van der Waals surface area contributed by atoms with Crippen molar-refractivity contribution in [3.05, 3.63) is 21.8 Å². The molecule has 1 aromatic carbocycles. The minimum absolute atomic E-state index is 0.255. The molecule has 0 spiro atoms. The third kappa shape index (κ3) is 2.61. The van der Waals surface area contributed by atoms with Crippen LogP contribution in [0.2, 0.25) is 0 Å². The van der Waals surface area contributed by atoms with Crippen molar-refractivity contribution in [1.82, 2.24) is 9.55 Å². The summed E-state index contributed by atoms with van der Waals surface area (Å²) in [5.74, 6) is 0.572. The van der Waals surface area contributed by atoms with Crippen molar-refractivity contribution < 1.29 is 4.74 Å². The summed E-state index contributed by atoms with van der Waals surface area (Å²) in [6, 6.07) is 6.47. The number of ether oxygens (including phenoxy) is 1. The van der Waals surface area contributed by atoms with Gasteiger partial charge in [0.05, 0.1) is 23.7 Å². The standard InChI is InChI=1S/C13H18IN3O/c1-3-4-10(8-18-2)17-12-6-5-9(14)7-11(12)16-13(17)15/h5-7,10H,3-4,8H2,1-2H3,(H2,15,16). The molecule has 2 rings (SSSR count). The molecule has 0 bridgehead atoms. The van der Waals surface area contributed by atoms with Crippen LogP contribution < -0.4 is 5.73 Å². The number of nitrogen functional groups attached to an aromatic ring is 1. The minimum atomic E-state index is 0.255. The van der Waals surface area contributed by atoms with Crippen molar-refractivity contribution in [3.63, 3.8) is 0 Å². The maximum atomic E-state index is 6.06. The van der Waals surface area contributed by atoms with Crippen molar-refractivity contribution in [2.75, 3.05) is 19.5 Å². The molecule has 2 aromatic rings. The molecule has 1 unspecified atom stereocenters. The van der Waals surface area contributed by atoms with E-state index in [0.29, 0.717) is 12.6 Å². The number of halogens is 1. The quantitative estimate of drug-likeness (QED) is 0.835. The van der Waals surface area contributed by atoms with Gasteiger partial charge in [0.2, 0.25) is 5.95 Å². The predicted molar refractivity (Wildman–Crippen MR) is 82.7 cm³/mol. The number of anilines is 1. The molecule has 0 saturated carbocycles. The number of methoxy groups -OCH3 is 1. The molecule has 18 heavy (non-hydrogen) atoms. The van der Waals surface area contributed by atoms with Gasteiger partial charge in [-0.3, -0.25) is 0 Å². The van der Waals surface area contributed by atoms with Gasteiger partial charge in [-0.25, -0.2) is 4.98 Å². The van der Waals surface area contributed by atoms with Crippen LogP contribution in [-0.2, 0) is 4.74 Å². The normalized spacial score (nSPS) is 13.1. The highest BCUT2D eigenvalue weighted by atomic mass is 127. The fraction of sp³-hybridized carbons (Fsp3) is 0.462. The van der Waals surface area contributed by atoms with Crippen LogP contribution in [0.5, 0.6) is 0 Å². The Kier molecular flexibility index (Phi) is 4.45. The Labute approximate surface area is 121 Å². The summed E-state index contributed by atoms with van der Waals surface area (Å²) in [4.78, 5) is 4.44. The molecule has 5 heteroatoms. The summed E-state index contributed by atoms with van der Waals surface area (Å²) in [6.07, 6.45) is 2.13. The molecule has 1 heterocycles. The van der Waals surface area contributed by atoms with E-state index in [1.54, 1.807) is 7.11 Å². The first kappa shape index (κ1) is 13.6. The number of nitrogens with zero attached hydrogens (tertiary/aromatic N) is 2. The maximum Gasteiger partial charge on any atom is 0.201 e. The van der Waals surface area contributed by atoms with Gasteiger partial charge in [-0.2, -0.15) is 0 Å². The minimum Gasteiger partial charge on any atom is -0.383 e. The molecule has 0 saturated heterocycles. The van der Waals surface area contributed by atoms with Crippen LogP contribution in [0.15, 0.2) is 18.2 Å². The van der Waals surface area contributed by atoms with Gasteiger partial charge in [-0.1, -0.05) is 13.3 Å². The molecule has 0 radical (unpaired) electrons. The smallest absolute Gasteiger partial charge is 0.201 e. The van der Waals surface area contributed by atoms with E-state index in [4.69, 9.17) is 10.5 Å². The second kappa shape index (κ2) is 5.88. The first-order chi connectivity index (χ1) is 8.67. The Morgan fingerprint density at radius 2 is 2.28 bits per heavy atom. The van der Waals surface area contributed by atoms with Crippen LogP contribution >= 0.6 is 22.6 Å². The third-order valence-electron chi connectivity index (χ3n) is 3.02. The van der Waals surface area contributed by atoms with Gasteiger partial charge in [-0.15, -0.1) is 0 Å². The first-order valence-corrected chi connectivity index (χ1v) is 7.17. The van der Waals surface area contributed by atoms with Crippen molar-refractivity contribution in [3.8, 4) is 0 Å². The van der Waals surface area contributed by atoms with Crippen LogP contribution in [0, 0.1) is 3.57 Å². The van der Waals surface area contributed by atoms with Crippen LogP contribution in [0.25, 0.3) is 11.0 Å². The summed E-state index contributed by atoms with van der Waals surface area (Å²) in [5, 5.41) is 0. The predicted octanol–water partition coefficient (Wildman–Crippen LogP) is 3.21. The second-order valence-corrected chi connectivity index (χ2v) is 5.62. The van der Waals surface area contributed by atoms with Crippen LogP contribution in [0.3, 0.4) is 0 Å². The zero-order chi connectivity index (χ0) is 13.1. The lowest BCUT2D eigenvalue weighted by atomic mass is 10.1. The lowest BCUT2D eigenvalue weighted by molar-refractivity contribution is 0.153. The van der Waals surface area contributed by atoms with E-state index in [2.05, 4.69) is 57.3 Å². The molecular formula is C13H18IN3O. The van der Waals surface area contributed by atoms with Gasteiger partial charge >= 0.3 is 0 Å². The zero-order valence-corrected chi connectivity index (χ0v) is 12.8. The number of nitrogens with two attached hydrogens (primary N) is 1. The number of rotatable bonds is 5. The fourth-order valence-corrected chi connectivity index (χ4v) is 2.76. The van der Waals surface area contributed by atoms with Gasteiger partial charge in [0.1, 0.15) is 0 Å². The summed E-state index contributed by atoms with van der Waals surface area (Å²) >= 11 is 2.28. The molecule has 2 N–H and O–H groups in total. The summed E-state index contributed by atoms with van der Waals surface area (Å²) in [6.45, 7) is 2.83. The van der Waals surface area contributed by atoms with E-state index in [1.165, 1.54) is 3.57 Å². The van der Waals surface area contributed by atoms with E-state index in [-0.39, 0.29) is 6.04 Å². The van der Waals surface area contributed by atoms with E-state index in [0.717, 1.165) is 23.9 Å². The van der Waals surface area contributed by atoms with E-state index in [1.807, 2.05) is 0 Å². The molecular weight excluding hydrogens is 341 g/mol. The average molecular weight is 359 g/mol. The summed E-state index contributed by atoms with van der Waals surface area (Å²) in [7, 11) is 1.72. The molecule has 98 valence electrons. The largest absolute Gasteiger partial charge is 0.383 e. The lowest BCUT2D eigenvalue weighted by Gasteiger charge is -2.19. The molecule has 4 nitrogen and oxygen atoms in total. The Bertz CT molecular complexity index is 532.